The molecule has 1 saturated carbocycles. The average Bonchev–Trinajstić information content (AvgIpc) is 3.15. The minimum absolute atomic E-state index is 0.104. The van der Waals surface area contributed by atoms with Crippen LogP contribution in [0.5, 0.6) is 0 Å². The zero-order valence-electron chi connectivity index (χ0n) is 11.3. The molecule has 1 aliphatic carbocycles. The molecule has 0 atom stereocenters. The number of benzene rings is 1. The molecule has 1 heterocycles. The van der Waals surface area contributed by atoms with E-state index in [2.05, 4.69) is 15.6 Å². The maximum absolute atomic E-state index is 11.6. The normalized spacial score (nSPS) is 14.1. The summed E-state index contributed by atoms with van der Waals surface area (Å²) in [4.78, 5) is 11.6. The first-order valence-corrected chi connectivity index (χ1v) is 8.28. The standard InChI is InChI=1S/C14H15ClN4OS/c15-10-1-5-13(6-2-10)19-7-12(17-18-19)8-21-9-14(20)16-11-3-4-11/h1-2,5-7,11H,3-4,8-9H2,(H,16,20). The number of nitrogens with one attached hydrogen (secondary N) is 1. The molecular formula is C14H15ClN4OS. The van der Waals surface area contributed by atoms with E-state index < -0.39 is 0 Å². The number of amides is 1. The lowest BCUT2D eigenvalue weighted by molar-refractivity contribution is -0.118. The fraction of sp³-hybridized carbons (Fsp3) is 0.357. The summed E-state index contributed by atoms with van der Waals surface area (Å²) in [6, 6.07) is 7.82. The molecule has 1 aliphatic rings. The molecule has 21 heavy (non-hydrogen) atoms. The van der Waals surface area contributed by atoms with Crippen molar-refractivity contribution in [2.75, 3.05) is 5.75 Å². The van der Waals surface area contributed by atoms with E-state index in [-0.39, 0.29) is 5.91 Å². The molecule has 0 bridgehead atoms. The third kappa shape index (κ3) is 4.22. The molecule has 1 fully saturated rings. The Kier molecular flexibility index (Phi) is 4.45. The van der Waals surface area contributed by atoms with Crippen LogP contribution in [-0.4, -0.2) is 32.7 Å². The van der Waals surface area contributed by atoms with Crippen LogP contribution in [0.1, 0.15) is 18.5 Å². The van der Waals surface area contributed by atoms with Crippen LogP contribution in [0, 0.1) is 0 Å². The molecule has 0 spiro atoms. The lowest BCUT2D eigenvalue weighted by Crippen LogP contribution is -2.27. The van der Waals surface area contributed by atoms with Crippen LogP contribution in [0.15, 0.2) is 30.5 Å². The quantitative estimate of drug-likeness (QED) is 0.887. The zero-order valence-corrected chi connectivity index (χ0v) is 12.9. The second-order valence-electron chi connectivity index (χ2n) is 4.97. The first-order valence-electron chi connectivity index (χ1n) is 6.75. The second kappa shape index (κ2) is 6.49. The molecule has 0 unspecified atom stereocenters. The Morgan fingerprint density at radius 2 is 2.14 bits per heavy atom. The van der Waals surface area contributed by atoms with Crippen LogP contribution < -0.4 is 5.32 Å². The zero-order chi connectivity index (χ0) is 14.7. The molecule has 110 valence electrons. The fourth-order valence-electron chi connectivity index (χ4n) is 1.83. The first kappa shape index (κ1) is 14.4. The number of aromatic nitrogens is 3. The van der Waals surface area contributed by atoms with Crippen LogP contribution in [0.4, 0.5) is 0 Å². The summed E-state index contributed by atoms with van der Waals surface area (Å²) in [5.41, 5.74) is 1.77. The van der Waals surface area contributed by atoms with E-state index in [0.717, 1.165) is 24.2 Å². The van der Waals surface area contributed by atoms with Gasteiger partial charge in [-0.25, -0.2) is 4.68 Å². The van der Waals surface area contributed by atoms with Gasteiger partial charge in [-0.3, -0.25) is 4.79 Å². The number of nitrogens with zero attached hydrogens (tertiary/aromatic N) is 3. The van der Waals surface area contributed by atoms with Crippen molar-refractivity contribution < 1.29 is 4.79 Å². The van der Waals surface area contributed by atoms with Crippen molar-refractivity contribution in [2.45, 2.75) is 24.6 Å². The van der Waals surface area contributed by atoms with Crippen molar-refractivity contribution in [2.24, 2.45) is 0 Å². The summed E-state index contributed by atoms with van der Waals surface area (Å²) in [6.45, 7) is 0. The van der Waals surface area contributed by atoms with E-state index in [1.165, 1.54) is 0 Å². The summed E-state index contributed by atoms with van der Waals surface area (Å²) in [7, 11) is 0. The minimum atomic E-state index is 0.104. The smallest absolute Gasteiger partial charge is 0.230 e. The number of hydrogen-bond acceptors (Lipinski definition) is 4. The van der Waals surface area contributed by atoms with E-state index in [9.17, 15) is 4.79 Å². The van der Waals surface area contributed by atoms with Gasteiger partial charge in [0.05, 0.1) is 23.3 Å². The Balaban J connectivity index is 1.50. The fourth-order valence-corrected chi connectivity index (χ4v) is 2.67. The van der Waals surface area contributed by atoms with Crippen molar-refractivity contribution in [3.63, 3.8) is 0 Å². The molecule has 0 radical (unpaired) electrons. The molecule has 3 rings (SSSR count). The van der Waals surface area contributed by atoms with E-state index in [1.54, 1.807) is 16.4 Å². The van der Waals surface area contributed by atoms with Crippen molar-refractivity contribution >= 4 is 29.3 Å². The summed E-state index contributed by atoms with van der Waals surface area (Å²) in [5.74, 6) is 1.24. The number of hydrogen-bond donors (Lipinski definition) is 1. The Hall–Kier alpha value is -1.53. The highest BCUT2D eigenvalue weighted by Crippen LogP contribution is 2.19. The summed E-state index contributed by atoms with van der Waals surface area (Å²) < 4.78 is 1.70. The number of carbonyl (C=O) groups excluding carboxylic acids is 1. The van der Waals surface area contributed by atoms with Crippen molar-refractivity contribution in [1.29, 1.82) is 0 Å². The highest BCUT2D eigenvalue weighted by atomic mass is 35.5. The largest absolute Gasteiger partial charge is 0.353 e. The Morgan fingerprint density at radius 3 is 2.86 bits per heavy atom. The molecule has 7 heteroatoms. The predicted octanol–water partition coefficient (Wildman–Crippen LogP) is 2.43. The maximum Gasteiger partial charge on any atom is 0.230 e. The van der Waals surface area contributed by atoms with Crippen molar-refractivity contribution in [3.8, 4) is 5.69 Å². The Bertz CT molecular complexity index is 624. The summed E-state index contributed by atoms with van der Waals surface area (Å²) in [5, 5.41) is 11.8. The molecule has 0 saturated heterocycles. The van der Waals surface area contributed by atoms with E-state index in [1.807, 2.05) is 30.5 Å². The topological polar surface area (TPSA) is 59.8 Å². The van der Waals surface area contributed by atoms with Gasteiger partial charge in [0, 0.05) is 16.8 Å². The Labute approximate surface area is 132 Å². The van der Waals surface area contributed by atoms with E-state index in [4.69, 9.17) is 11.6 Å². The lowest BCUT2D eigenvalue weighted by atomic mass is 10.3. The van der Waals surface area contributed by atoms with Crippen LogP contribution in [0.3, 0.4) is 0 Å². The van der Waals surface area contributed by atoms with Gasteiger partial charge in [0.25, 0.3) is 0 Å². The molecule has 1 amide bonds. The monoisotopic (exact) mass is 322 g/mol. The van der Waals surface area contributed by atoms with Gasteiger partial charge < -0.3 is 5.32 Å². The molecule has 1 aromatic heterocycles. The highest BCUT2D eigenvalue weighted by molar-refractivity contribution is 7.99. The van der Waals surface area contributed by atoms with Gasteiger partial charge in [-0.15, -0.1) is 16.9 Å². The van der Waals surface area contributed by atoms with Crippen LogP contribution in [-0.2, 0) is 10.5 Å². The highest BCUT2D eigenvalue weighted by Gasteiger charge is 2.22. The SMILES string of the molecule is O=C(CSCc1cn(-c2ccc(Cl)cc2)nn1)NC1CC1. The Morgan fingerprint density at radius 1 is 1.38 bits per heavy atom. The third-order valence-corrected chi connectivity index (χ3v) is 4.28. The first-order chi connectivity index (χ1) is 10.2. The molecule has 2 aromatic rings. The van der Waals surface area contributed by atoms with Gasteiger partial charge in [-0.05, 0) is 37.1 Å². The van der Waals surface area contributed by atoms with Crippen LogP contribution in [0.25, 0.3) is 5.69 Å². The van der Waals surface area contributed by atoms with Crippen LogP contribution in [0.2, 0.25) is 5.02 Å². The summed E-state index contributed by atoms with van der Waals surface area (Å²) >= 11 is 7.40. The van der Waals surface area contributed by atoms with Gasteiger partial charge in [0.15, 0.2) is 0 Å². The van der Waals surface area contributed by atoms with Gasteiger partial charge in [-0.1, -0.05) is 16.8 Å². The number of thioether (sulfide) groups is 1. The third-order valence-electron chi connectivity index (χ3n) is 3.06. The minimum Gasteiger partial charge on any atom is -0.353 e. The van der Waals surface area contributed by atoms with Crippen molar-refractivity contribution in [3.05, 3.63) is 41.2 Å². The molecule has 1 N–H and O–H groups in total. The van der Waals surface area contributed by atoms with Gasteiger partial charge in [-0.2, -0.15) is 0 Å². The van der Waals surface area contributed by atoms with E-state index in [0.29, 0.717) is 22.6 Å². The van der Waals surface area contributed by atoms with E-state index >= 15 is 0 Å². The van der Waals surface area contributed by atoms with Crippen LogP contribution >= 0.6 is 23.4 Å². The second-order valence-corrected chi connectivity index (χ2v) is 6.39. The number of halogens is 1. The van der Waals surface area contributed by atoms with Gasteiger partial charge in [0.1, 0.15) is 0 Å². The lowest BCUT2D eigenvalue weighted by Gasteiger charge is -2.01. The molecule has 1 aromatic carbocycles. The maximum atomic E-state index is 11.6. The molecular weight excluding hydrogens is 308 g/mol. The average molecular weight is 323 g/mol. The van der Waals surface area contributed by atoms with Crippen molar-refractivity contribution in [1.82, 2.24) is 20.3 Å². The predicted molar refractivity (Wildman–Crippen MR) is 83.7 cm³/mol. The summed E-state index contributed by atoms with van der Waals surface area (Å²) in [6.07, 6.45) is 4.10. The van der Waals surface area contributed by atoms with Gasteiger partial charge >= 0.3 is 0 Å². The van der Waals surface area contributed by atoms with Gasteiger partial charge in [0.2, 0.25) is 5.91 Å². The molecule has 5 nitrogen and oxygen atoms in total. The number of rotatable bonds is 6. The molecule has 0 aliphatic heterocycles. The number of carbonyl (C=O) groups is 1.